The van der Waals surface area contributed by atoms with Crippen molar-refractivity contribution in [3.63, 3.8) is 0 Å². The lowest BCUT2D eigenvalue weighted by molar-refractivity contribution is -0.714. The summed E-state index contributed by atoms with van der Waals surface area (Å²) in [6, 6.07) is 0. The Morgan fingerprint density at radius 2 is 2.36 bits per heavy atom. The van der Waals surface area contributed by atoms with Gasteiger partial charge in [-0.3, -0.25) is 0 Å². The molecule has 8 nitrogen and oxygen atoms in total. The fourth-order valence-corrected chi connectivity index (χ4v) is 1.23. The predicted molar refractivity (Wildman–Crippen MR) is 42.6 cm³/mol. The van der Waals surface area contributed by atoms with E-state index in [9.17, 15) is 20.4 Å². The Bertz CT molecular complexity index is 478. The lowest BCUT2D eigenvalue weighted by Crippen LogP contribution is -2.31. The normalized spacial score (nSPS) is 19.5. The summed E-state index contributed by atoms with van der Waals surface area (Å²) in [6.45, 7) is 0. The van der Waals surface area contributed by atoms with E-state index in [0.29, 0.717) is 0 Å². The van der Waals surface area contributed by atoms with Crippen LogP contribution < -0.4 is 4.60 Å². The van der Waals surface area contributed by atoms with Gasteiger partial charge in [0.05, 0.1) is 0 Å². The second-order valence-electron chi connectivity index (χ2n) is 2.66. The third-order valence-corrected chi connectivity index (χ3v) is 1.85. The van der Waals surface area contributed by atoms with Crippen LogP contribution in [-0.2, 0) is 0 Å². The number of aromatic nitrogens is 2. The van der Waals surface area contributed by atoms with Crippen molar-refractivity contribution in [3.8, 4) is 0 Å². The van der Waals surface area contributed by atoms with Gasteiger partial charge < -0.3 is 15.5 Å². The van der Waals surface area contributed by atoms with E-state index in [4.69, 9.17) is 0 Å². The maximum absolute atomic E-state index is 10.9. The topological polar surface area (TPSA) is 121 Å². The van der Waals surface area contributed by atoms with E-state index in [1.807, 2.05) is 0 Å². The molecular weight excluding hydrogens is 194 g/mol. The zero-order valence-corrected chi connectivity index (χ0v) is 6.71. The monoisotopic (exact) mass is 199 g/mol. The van der Waals surface area contributed by atoms with Gasteiger partial charge >= 0.3 is 0 Å². The SMILES string of the molecule is O=[n+]1o[nH]c2c1C=CC(O)C2=[N+]([O-])[O-]. The summed E-state index contributed by atoms with van der Waals surface area (Å²) < 4.78 is 4.39. The highest BCUT2D eigenvalue weighted by Gasteiger charge is 2.36. The summed E-state index contributed by atoms with van der Waals surface area (Å²) in [4.78, 5) is 10.1. The number of nitrogens with zero attached hydrogens (tertiary/aromatic N) is 2. The highest BCUT2D eigenvalue weighted by molar-refractivity contribution is 6.03. The van der Waals surface area contributed by atoms with Gasteiger partial charge in [0.2, 0.25) is 0 Å². The second kappa shape index (κ2) is 2.70. The van der Waals surface area contributed by atoms with E-state index < -0.39 is 16.7 Å². The lowest BCUT2D eigenvalue weighted by Gasteiger charge is -2.12. The fourth-order valence-electron chi connectivity index (χ4n) is 1.23. The van der Waals surface area contributed by atoms with E-state index in [-0.39, 0.29) is 16.0 Å². The van der Waals surface area contributed by atoms with Crippen LogP contribution in [-0.4, -0.2) is 27.0 Å². The molecule has 0 fully saturated rings. The summed E-state index contributed by atoms with van der Waals surface area (Å²) in [5.74, 6) is 0. The maximum Gasteiger partial charge on any atom is 0.291 e. The van der Waals surface area contributed by atoms with Gasteiger partial charge in [-0.05, 0) is 17.1 Å². The molecule has 0 amide bonds. The molecule has 1 aliphatic carbocycles. The second-order valence-corrected chi connectivity index (χ2v) is 2.66. The Hall–Kier alpha value is -2.09. The van der Waals surface area contributed by atoms with Crippen molar-refractivity contribution in [2.24, 2.45) is 0 Å². The molecule has 0 spiro atoms. The Labute approximate surface area is 76.1 Å². The van der Waals surface area contributed by atoms with Gasteiger partial charge in [0, 0.05) is 0 Å². The minimum absolute atomic E-state index is 0.0259. The molecule has 1 atom stereocenters. The van der Waals surface area contributed by atoms with Crippen molar-refractivity contribution in [2.75, 3.05) is 0 Å². The van der Waals surface area contributed by atoms with E-state index in [1.165, 1.54) is 6.08 Å². The average Bonchev–Trinajstić information content (AvgIpc) is 2.47. The van der Waals surface area contributed by atoms with E-state index in [2.05, 4.69) is 9.79 Å². The lowest BCUT2D eigenvalue weighted by atomic mass is 10.0. The molecule has 2 rings (SSSR count). The van der Waals surface area contributed by atoms with Crippen LogP contribution in [0.5, 0.6) is 0 Å². The largest absolute Gasteiger partial charge is 0.612 e. The maximum atomic E-state index is 10.9. The zero-order valence-electron chi connectivity index (χ0n) is 6.71. The van der Waals surface area contributed by atoms with Crippen LogP contribution in [0, 0.1) is 15.3 Å². The van der Waals surface area contributed by atoms with Gasteiger partial charge in [-0.15, -0.1) is 0 Å². The van der Waals surface area contributed by atoms with Gasteiger partial charge in [-0.2, -0.15) is 4.90 Å². The van der Waals surface area contributed by atoms with Gasteiger partial charge in [-0.1, -0.05) is 9.79 Å². The van der Waals surface area contributed by atoms with Gasteiger partial charge in [0.1, 0.15) is 0 Å². The molecule has 1 unspecified atom stereocenters. The van der Waals surface area contributed by atoms with E-state index in [0.717, 1.165) is 6.08 Å². The Morgan fingerprint density at radius 3 is 3.00 bits per heavy atom. The van der Waals surface area contributed by atoms with Crippen LogP contribution in [0.3, 0.4) is 0 Å². The van der Waals surface area contributed by atoms with Crippen molar-refractivity contribution in [1.29, 1.82) is 0 Å². The van der Waals surface area contributed by atoms with Gasteiger partial charge in [0.25, 0.3) is 17.1 Å². The van der Waals surface area contributed by atoms with Crippen LogP contribution in [0.25, 0.3) is 6.08 Å². The van der Waals surface area contributed by atoms with Crippen LogP contribution >= 0.6 is 0 Å². The summed E-state index contributed by atoms with van der Waals surface area (Å²) in [6.07, 6.45) is 1.05. The molecule has 2 N–H and O–H groups in total. The molecule has 1 aliphatic rings. The molecular formula is C6H5N3O5. The van der Waals surface area contributed by atoms with Crippen molar-refractivity contribution >= 4 is 11.8 Å². The summed E-state index contributed by atoms with van der Waals surface area (Å²) in [5.41, 5.74) is -0.636. The molecule has 0 radical (unpaired) electrons. The molecule has 1 aromatic rings. The minimum atomic E-state index is -1.34. The molecule has 1 aromatic heterocycles. The smallest absolute Gasteiger partial charge is 0.291 e. The van der Waals surface area contributed by atoms with Crippen molar-refractivity contribution < 1.29 is 19.2 Å². The number of nitrogens with one attached hydrogen (secondary N) is 1. The fraction of sp³-hybridized carbons (Fsp3) is 0.167. The number of aliphatic hydroxyl groups excluding tert-OH is 1. The molecule has 0 saturated carbocycles. The Morgan fingerprint density at radius 1 is 1.64 bits per heavy atom. The molecule has 74 valence electrons. The third kappa shape index (κ3) is 1.01. The highest BCUT2D eigenvalue weighted by Crippen LogP contribution is 2.13. The summed E-state index contributed by atoms with van der Waals surface area (Å²) in [7, 11) is 0. The van der Waals surface area contributed by atoms with Gasteiger partial charge in [-0.25, -0.2) is 0 Å². The molecule has 8 heteroatoms. The molecule has 0 bridgehead atoms. The van der Waals surface area contributed by atoms with E-state index >= 15 is 0 Å². The molecule has 0 saturated heterocycles. The number of hydrogen-bond donors (Lipinski definition) is 2. The van der Waals surface area contributed by atoms with Crippen LogP contribution in [0.4, 0.5) is 0 Å². The van der Waals surface area contributed by atoms with Crippen molar-refractivity contribution in [1.82, 2.24) is 5.16 Å². The first-order valence-electron chi connectivity index (χ1n) is 3.63. The minimum Gasteiger partial charge on any atom is -0.612 e. The number of rotatable bonds is 0. The van der Waals surface area contributed by atoms with Crippen LogP contribution in [0.1, 0.15) is 11.4 Å². The number of aromatic amines is 1. The van der Waals surface area contributed by atoms with Crippen molar-refractivity contribution in [3.05, 3.63) is 32.8 Å². The number of aliphatic hydroxyl groups is 1. The number of fused-ring (bicyclic) bond motifs is 1. The first-order chi connectivity index (χ1) is 6.61. The first kappa shape index (κ1) is 8.51. The van der Waals surface area contributed by atoms with Crippen LogP contribution in [0.2, 0.25) is 0 Å². The summed E-state index contributed by atoms with van der Waals surface area (Å²) in [5, 5.41) is 32.4. The standard InChI is InChI=1S/C6H5N3O5/c10-4-2-1-3-5(6(4)8(11)12)7-14-9(3)13/h1-2,4,7,10H. The van der Waals surface area contributed by atoms with Crippen LogP contribution in [0.15, 0.2) is 10.7 Å². The third-order valence-electron chi connectivity index (χ3n) is 1.85. The Kier molecular flexibility index (Phi) is 1.64. The average molecular weight is 199 g/mol. The number of hydrogen-bond acceptors (Lipinski definition) is 5. The first-order valence-corrected chi connectivity index (χ1v) is 3.63. The molecule has 0 aromatic carbocycles. The van der Waals surface area contributed by atoms with Crippen molar-refractivity contribution in [2.45, 2.75) is 6.10 Å². The molecule has 14 heavy (non-hydrogen) atoms. The van der Waals surface area contributed by atoms with Gasteiger partial charge in [0.15, 0.2) is 10.7 Å². The highest BCUT2D eigenvalue weighted by atomic mass is 16.8. The molecule has 1 heterocycles. The summed E-state index contributed by atoms with van der Waals surface area (Å²) >= 11 is 0. The quantitative estimate of drug-likeness (QED) is 0.397. The predicted octanol–water partition coefficient (Wildman–Crippen LogP) is -1.29. The zero-order chi connectivity index (χ0) is 10.3. The molecule has 0 aliphatic heterocycles. The van der Waals surface area contributed by atoms with E-state index in [1.54, 1.807) is 0 Å². The Balaban J connectivity index is 2.73. The number of H-pyrrole nitrogens is 1.